The van der Waals surface area contributed by atoms with Crippen LogP contribution >= 0.6 is 0 Å². The van der Waals surface area contributed by atoms with E-state index >= 15 is 0 Å². The lowest BCUT2D eigenvalue weighted by atomic mass is 9.78. The molecule has 96 valence electrons. The molecule has 0 bridgehead atoms. The maximum absolute atomic E-state index is 8.47. The van der Waals surface area contributed by atoms with E-state index in [0.717, 1.165) is 12.1 Å². The highest BCUT2D eigenvalue weighted by Gasteiger charge is 2.42. The molecule has 1 aliphatic heterocycles. The highest BCUT2D eigenvalue weighted by molar-refractivity contribution is 6.09. The summed E-state index contributed by atoms with van der Waals surface area (Å²) in [6, 6.07) is 18.8. The largest absolute Gasteiger partial charge is 0.332 e. The Hall–Kier alpha value is -2.09. The van der Waals surface area contributed by atoms with Crippen molar-refractivity contribution in [3.05, 3.63) is 65.7 Å². The van der Waals surface area contributed by atoms with Gasteiger partial charge in [0.25, 0.3) is 0 Å². The number of nitrogens with one attached hydrogen (secondary N) is 1. The zero-order valence-corrected chi connectivity index (χ0v) is 11.4. The van der Waals surface area contributed by atoms with Crippen molar-refractivity contribution in [1.82, 2.24) is 0 Å². The van der Waals surface area contributed by atoms with E-state index in [2.05, 4.69) is 49.4 Å². The molecule has 2 nitrogen and oxygen atoms in total. The Bertz CT molecular complexity index is 618. The summed E-state index contributed by atoms with van der Waals surface area (Å²) >= 11 is 0. The number of fused-ring (bicyclic) bond motifs is 1. The molecule has 2 heteroatoms. The monoisotopic (exact) mass is 250 g/mol. The molecule has 3 rings (SSSR count). The lowest BCUT2D eigenvalue weighted by molar-refractivity contribution is 0.641. The number of anilines is 1. The van der Waals surface area contributed by atoms with Crippen molar-refractivity contribution < 1.29 is 0 Å². The topological polar surface area (TPSA) is 27.1 Å². The Labute approximate surface area is 114 Å². The fourth-order valence-corrected chi connectivity index (χ4v) is 3.03. The lowest BCUT2D eigenvalue weighted by Crippen LogP contribution is -2.37. The molecule has 2 aromatic carbocycles. The highest BCUT2D eigenvalue weighted by atomic mass is 15.2. The number of para-hydroxylation sites is 1. The molecule has 0 aromatic heterocycles. The van der Waals surface area contributed by atoms with Crippen LogP contribution in [0, 0.1) is 5.41 Å². The van der Waals surface area contributed by atoms with Gasteiger partial charge in [-0.2, -0.15) is 0 Å². The minimum Gasteiger partial charge on any atom is -0.332 e. The fraction of sp³-hybridized carbons (Fsp3) is 0.235. The quantitative estimate of drug-likeness (QED) is 0.866. The molecule has 1 atom stereocenters. The molecular weight excluding hydrogens is 232 g/mol. The molecule has 0 aliphatic carbocycles. The maximum Gasteiger partial charge on any atom is 0.111 e. The van der Waals surface area contributed by atoms with Gasteiger partial charge in [-0.05, 0) is 30.5 Å². The lowest BCUT2D eigenvalue weighted by Gasteiger charge is -2.26. The van der Waals surface area contributed by atoms with Gasteiger partial charge in [0.05, 0.1) is 5.41 Å². The first-order valence-corrected chi connectivity index (χ1v) is 6.59. The number of amidine groups is 1. The minimum atomic E-state index is -0.229. The molecule has 0 radical (unpaired) electrons. The Morgan fingerprint density at radius 1 is 1.00 bits per heavy atom. The van der Waals surface area contributed by atoms with E-state index in [9.17, 15) is 0 Å². The maximum atomic E-state index is 8.47. The Morgan fingerprint density at radius 3 is 2.37 bits per heavy atom. The van der Waals surface area contributed by atoms with E-state index in [1.807, 2.05) is 24.1 Å². The van der Waals surface area contributed by atoms with E-state index < -0.39 is 0 Å². The number of nitrogens with zero attached hydrogens (tertiary/aromatic N) is 1. The van der Waals surface area contributed by atoms with E-state index in [4.69, 9.17) is 5.41 Å². The van der Waals surface area contributed by atoms with Gasteiger partial charge in [0, 0.05) is 12.7 Å². The minimum absolute atomic E-state index is 0.229. The van der Waals surface area contributed by atoms with Crippen LogP contribution in [0.15, 0.2) is 54.6 Å². The van der Waals surface area contributed by atoms with Crippen molar-refractivity contribution in [2.75, 3.05) is 11.9 Å². The van der Waals surface area contributed by atoms with E-state index in [-0.39, 0.29) is 5.41 Å². The molecule has 0 spiro atoms. The van der Waals surface area contributed by atoms with Gasteiger partial charge in [-0.1, -0.05) is 48.5 Å². The van der Waals surface area contributed by atoms with Gasteiger partial charge in [0.2, 0.25) is 0 Å². The average molecular weight is 250 g/mol. The van der Waals surface area contributed by atoms with Crippen LogP contribution in [0.5, 0.6) is 0 Å². The molecule has 0 fully saturated rings. The molecule has 0 saturated heterocycles. The SMILES string of the molecule is CN1C(=N)C(C)(Cc2ccccc2)c2ccccc21. The predicted octanol–water partition coefficient (Wildman–Crippen LogP) is 3.61. The summed E-state index contributed by atoms with van der Waals surface area (Å²) in [6.45, 7) is 2.17. The summed E-state index contributed by atoms with van der Waals surface area (Å²) in [5.74, 6) is 0.678. The fourth-order valence-electron chi connectivity index (χ4n) is 3.03. The van der Waals surface area contributed by atoms with Crippen LogP contribution in [0.25, 0.3) is 0 Å². The van der Waals surface area contributed by atoms with Gasteiger partial charge < -0.3 is 4.90 Å². The van der Waals surface area contributed by atoms with Gasteiger partial charge >= 0.3 is 0 Å². The van der Waals surface area contributed by atoms with Crippen molar-refractivity contribution >= 4 is 11.5 Å². The molecule has 0 amide bonds. The van der Waals surface area contributed by atoms with Crippen LogP contribution in [0.2, 0.25) is 0 Å². The van der Waals surface area contributed by atoms with E-state index in [1.54, 1.807) is 0 Å². The first-order valence-electron chi connectivity index (χ1n) is 6.59. The van der Waals surface area contributed by atoms with Gasteiger partial charge in [0.1, 0.15) is 5.84 Å². The Kier molecular flexibility index (Phi) is 2.67. The first-order chi connectivity index (χ1) is 9.13. The second-order valence-corrected chi connectivity index (χ2v) is 5.42. The van der Waals surface area contributed by atoms with E-state index in [0.29, 0.717) is 5.84 Å². The van der Waals surface area contributed by atoms with Gasteiger partial charge in [-0.15, -0.1) is 0 Å². The number of hydrogen-bond donors (Lipinski definition) is 1. The third-order valence-corrected chi connectivity index (χ3v) is 4.12. The summed E-state index contributed by atoms with van der Waals surface area (Å²) in [5.41, 5.74) is 3.46. The standard InChI is InChI=1S/C17H18N2/c1-17(12-13-8-4-3-5-9-13)14-10-6-7-11-15(14)19(2)16(17)18/h3-11,18H,12H2,1-2H3. The Balaban J connectivity index is 2.06. The van der Waals surface area contributed by atoms with Gasteiger partial charge in [-0.3, -0.25) is 5.41 Å². The van der Waals surface area contributed by atoms with Gasteiger partial charge in [0.15, 0.2) is 0 Å². The number of likely N-dealkylation sites (N-methyl/N-ethyl adjacent to an activating group) is 1. The van der Waals surface area contributed by atoms with Crippen molar-refractivity contribution in [1.29, 1.82) is 5.41 Å². The highest BCUT2D eigenvalue weighted by Crippen LogP contribution is 2.42. The van der Waals surface area contributed by atoms with Crippen LogP contribution in [0.3, 0.4) is 0 Å². The van der Waals surface area contributed by atoms with Crippen LogP contribution in [0.1, 0.15) is 18.1 Å². The summed E-state index contributed by atoms with van der Waals surface area (Å²) in [6.07, 6.45) is 0.869. The van der Waals surface area contributed by atoms with Crippen molar-refractivity contribution in [3.8, 4) is 0 Å². The second-order valence-electron chi connectivity index (χ2n) is 5.42. The zero-order valence-electron chi connectivity index (χ0n) is 11.4. The third-order valence-electron chi connectivity index (χ3n) is 4.12. The van der Waals surface area contributed by atoms with Crippen molar-refractivity contribution in [2.45, 2.75) is 18.8 Å². The second kappa shape index (κ2) is 4.23. The van der Waals surface area contributed by atoms with Crippen LogP contribution < -0.4 is 4.90 Å². The predicted molar refractivity (Wildman–Crippen MR) is 80.1 cm³/mol. The average Bonchev–Trinajstić information content (AvgIpc) is 2.63. The molecule has 1 unspecified atom stereocenters. The number of hydrogen-bond acceptors (Lipinski definition) is 1. The molecule has 1 aliphatic rings. The molecular formula is C17H18N2. The molecule has 1 heterocycles. The molecule has 2 aromatic rings. The summed E-state index contributed by atoms with van der Waals surface area (Å²) in [4.78, 5) is 2.00. The van der Waals surface area contributed by atoms with Crippen LogP contribution in [0.4, 0.5) is 5.69 Å². The summed E-state index contributed by atoms with van der Waals surface area (Å²) in [5, 5.41) is 8.47. The zero-order chi connectivity index (χ0) is 13.5. The Morgan fingerprint density at radius 2 is 1.63 bits per heavy atom. The summed E-state index contributed by atoms with van der Waals surface area (Å²) in [7, 11) is 1.98. The van der Waals surface area contributed by atoms with Crippen LogP contribution in [-0.4, -0.2) is 12.9 Å². The van der Waals surface area contributed by atoms with Crippen molar-refractivity contribution in [3.63, 3.8) is 0 Å². The van der Waals surface area contributed by atoms with Crippen LogP contribution in [-0.2, 0) is 11.8 Å². The number of benzene rings is 2. The van der Waals surface area contributed by atoms with Crippen molar-refractivity contribution in [2.24, 2.45) is 0 Å². The normalized spacial score (nSPS) is 21.6. The van der Waals surface area contributed by atoms with Gasteiger partial charge in [-0.25, -0.2) is 0 Å². The van der Waals surface area contributed by atoms with E-state index in [1.165, 1.54) is 11.1 Å². The smallest absolute Gasteiger partial charge is 0.111 e. The third kappa shape index (κ3) is 1.75. The summed E-state index contributed by atoms with van der Waals surface area (Å²) < 4.78 is 0. The number of rotatable bonds is 2. The molecule has 1 N–H and O–H groups in total. The molecule has 19 heavy (non-hydrogen) atoms. The first kappa shape index (κ1) is 12.0. The molecule has 0 saturated carbocycles.